The number of hydrogen-bond acceptors (Lipinski definition) is 7. The quantitative estimate of drug-likeness (QED) is 0.225. The van der Waals surface area contributed by atoms with Crippen LogP contribution in [-0.2, 0) is 19.1 Å². The van der Waals surface area contributed by atoms with Gasteiger partial charge in [-0.15, -0.1) is 11.8 Å². The van der Waals surface area contributed by atoms with Gasteiger partial charge in [0.25, 0.3) is 0 Å². The number of amides is 2. The summed E-state index contributed by atoms with van der Waals surface area (Å²) < 4.78 is 11.0. The summed E-state index contributed by atoms with van der Waals surface area (Å²) in [6.07, 6.45) is 7.11. The fourth-order valence-corrected chi connectivity index (χ4v) is 7.22. The molecule has 8 heteroatoms. The summed E-state index contributed by atoms with van der Waals surface area (Å²) in [6, 6.07) is 5.72. The number of benzene rings is 1. The molecule has 3 aliphatic heterocycles. The minimum atomic E-state index is -1.10. The van der Waals surface area contributed by atoms with Crippen molar-refractivity contribution in [2.24, 2.45) is 11.8 Å². The second kappa shape index (κ2) is 10.3. The van der Waals surface area contributed by atoms with E-state index in [1.54, 1.807) is 18.9 Å². The van der Waals surface area contributed by atoms with Gasteiger partial charge in [0.15, 0.2) is 0 Å². The highest BCUT2D eigenvalue weighted by Gasteiger charge is 2.72. The van der Waals surface area contributed by atoms with E-state index in [0.717, 1.165) is 41.2 Å². The number of carbonyl (C=O) groups is 3. The molecule has 0 aromatic heterocycles. The molecule has 34 heavy (non-hydrogen) atoms. The molecule has 0 bridgehead atoms. The Morgan fingerprint density at radius 1 is 1.15 bits per heavy atom. The summed E-state index contributed by atoms with van der Waals surface area (Å²) in [4.78, 5) is 44.2. The minimum Gasteiger partial charge on any atom is -0.496 e. The second-order valence-electron chi connectivity index (χ2n) is 9.57. The number of esters is 1. The van der Waals surface area contributed by atoms with E-state index in [0.29, 0.717) is 13.0 Å². The molecule has 7 nitrogen and oxygen atoms in total. The zero-order chi connectivity index (χ0) is 24.5. The van der Waals surface area contributed by atoms with Crippen LogP contribution in [0.3, 0.4) is 0 Å². The fraction of sp³-hybridized carbons (Fsp3) is 0.654. The lowest BCUT2D eigenvalue weighted by Crippen LogP contribution is -2.59. The van der Waals surface area contributed by atoms with Crippen LogP contribution in [0.5, 0.6) is 5.75 Å². The highest BCUT2D eigenvalue weighted by molar-refractivity contribution is 7.99. The first-order valence-electron chi connectivity index (χ1n) is 12.4. The molecular formula is C26H36N2O5S. The Balaban J connectivity index is 1.71. The Hall–Kier alpha value is -2.06. The smallest absolute Gasteiger partial charge is 0.327 e. The van der Waals surface area contributed by atoms with Crippen molar-refractivity contribution in [3.63, 3.8) is 0 Å². The monoisotopic (exact) mass is 488 g/mol. The number of carbonyl (C=O) groups excluding carboxylic acids is 3. The van der Waals surface area contributed by atoms with E-state index in [9.17, 15) is 14.4 Å². The predicted molar refractivity (Wildman–Crippen MR) is 131 cm³/mol. The molecule has 0 saturated carbocycles. The van der Waals surface area contributed by atoms with Gasteiger partial charge >= 0.3 is 5.97 Å². The van der Waals surface area contributed by atoms with Gasteiger partial charge in [0.1, 0.15) is 11.3 Å². The number of fused-ring (bicyclic) bond motifs is 3. The van der Waals surface area contributed by atoms with Crippen molar-refractivity contribution in [2.75, 3.05) is 33.6 Å². The Morgan fingerprint density at radius 2 is 1.94 bits per heavy atom. The molecular weight excluding hydrogens is 452 g/mol. The summed E-state index contributed by atoms with van der Waals surface area (Å²) >= 11 is 1.78. The van der Waals surface area contributed by atoms with Gasteiger partial charge in [-0.2, -0.15) is 0 Å². The molecule has 0 N–H and O–H groups in total. The fourth-order valence-electron chi connectivity index (χ4n) is 6.20. The standard InChI is InChI=1S/C26H36N2O5S/c1-5-6-7-10-15-34-19-12-11-17(16-18(19)32-3)22-20-21(24(30)27(2)23(20)29)26(25(31)33-4)13-8-9-14-28(22)26/h11-12,16,20-22H,5-10,13-15H2,1-4H3/t20?,21?,22?,26-/m0/s1. The van der Waals surface area contributed by atoms with Crippen molar-refractivity contribution in [1.82, 2.24) is 9.80 Å². The first-order chi connectivity index (χ1) is 16.4. The van der Waals surface area contributed by atoms with Crippen LogP contribution >= 0.6 is 11.8 Å². The Kier molecular flexibility index (Phi) is 7.57. The van der Waals surface area contributed by atoms with Crippen LogP contribution in [0.4, 0.5) is 0 Å². The normalized spacial score (nSPS) is 28.7. The average Bonchev–Trinajstić information content (AvgIpc) is 3.29. The van der Waals surface area contributed by atoms with Crippen LogP contribution in [0.25, 0.3) is 0 Å². The van der Waals surface area contributed by atoms with E-state index in [-0.39, 0.29) is 17.9 Å². The van der Waals surface area contributed by atoms with Crippen molar-refractivity contribution < 1.29 is 23.9 Å². The molecule has 2 amide bonds. The van der Waals surface area contributed by atoms with Crippen LogP contribution < -0.4 is 4.74 Å². The van der Waals surface area contributed by atoms with Gasteiger partial charge in [0, 0.05) is 18.0 Å². The van der Waals surface area contributed by atoms with E-state index in [1.807, 2.05) is 12.1 Å². The summed E-state index contributed by atoms with van der Waals surface area (Å²) in [7, 11) is 4.55. The minimum absolute atomic E-state index is 0.217. The molecule has 3 unspecified atom stereocenters. The number of piperidine rings is 1. The highest BCUT2D eigenvalue weighted by Crippen LogP contribution is 2.58. The second-order valence-corrected chi connectivity index (χ2v) is 10.7. The predicted octanol–water partition coefficient (Wildman–Crippen LogP) is 4.05. The maximum Gasteiger partial charge on any atom is 0.327 e. The Morgan fingerprint density at radius 3 is 2.65 bits per heavy atom. The number of rotatable bonds is 9. The molecule has 186 valence electrons. The molecule has 3 saturated heterocycles. The lowest BCUT2D eigenvalue weighted by Gasteiger charge is -2.44. The molecule has 0 radical (unpaired) electrons. The summed E-state index contributed by atoms with van der Waals surface area (Å²) in [5, 5.41) is 0. The number of likely N-dealkylation sites (tertiary alicyclic amines) is 1. The van der Waals surface area contributed by atoms with E-state index in [4.69, 9.17) is 9.47 Å². The number of nitrogens with zero attached hydrogens (tertiary/aromatic N) is 2. The average molecular weight is 489 g/mol. The third-order valence-electron chi connectivity index (χ3n) is 7.80. The summed E-state index contributed by atoms with van der Waals surface area (Å²) in [5.74, 6) is -0.431. The summed E-state index contributed by atoms with van der Waals surface area (Å²) in [5.41, 5.74) is -0.189. The largest absolute Gasteiger partial charge is 0.496 e. The zero-order valence-corrected chi connectivity index (χ0v) is 21.5. The van der Waals surface area contributed by atoms with E-state index in [1.165, 1.54) is 38.3 Å². The van der Waals surface area contributed by atoms with Crippen molar-refractivity contribution in [2.45, 2.75) is 68.3 Å². The third kappa shape index (κ3) is 3.92. The van der Waals surface area contributed by atoms with Gasteiger partial charge in [-0.1, -0.05) is 32.3 Å². The van der Waals surface area contributed by atoms with Gasteiger partial charge in [0.05, 0.1) is 26.1 Å². The van der Waals surface area contributed by atoms with Gasteiger partial charge in [-0.05, 0) is 55.7 Å². The number of hydrogen-bond donors (Lipinski definition) is 0. The SMILES string of the molecule is CCCCCCSc1ccc(C2C3C(=O)N(C)C(=O)C3[C@]3(C(=O)OC)CCCCN23)cc1OC. The highest BCUT2D eigenvalue weighted by atomic mass is 32.2. The molecule has 1 aromatic carbocycles. The maximum atomic E-state index is 13.3. The van der Waals surface area contributed by atoms with E-state index in [2.05, 4.69) is 17.9 Å². The zero-order valence-electron chi connectivity index (χ0n) is 20.7. The summed E-state index contributed by atoms with van der Waals surface area (Å²) in [6.45, 7) is 2.85. The van der Waals surface area contributed by atoms with Gasteiger partial charge in [0.2, 0.25) is 11.8 Å². The molecule has 3 aliphatic rings. The Labute approximate surface area is 206 Å². The van der Waals surface area contributed by atoms with Gasteiger partial charge in [-0.3, -0.25) is 24.2 Å². The maximum absolute atomic E-state index is 13.3. The number of unbranched alkanes of at least 4 members (excludes halogenated alkanes) is 3. The molecule has 4 rings (SSSR count). The van der Waals surface area contributed by atoms with Crippen molar-refractivity contribution in [3.8, 4) is 5.75 Å². The number of imide groups is 1. The van der Waals surface area contributed by atoms with Crippen LogP contribution in [0.2, 0.25) is 0 Å². The molecule has 0 aliphatic carbocycles. The van der Waals surface area contributed by atoms with Gasteiger partial charge < -0.3 is 9.47 Å². The van der Waals surface area contributed by atoms with Crippen LogP contribution in [0.15, 0.2) is 23.1 Å². The van der Waals surface area contributed by atoms with Crippen LogP contribution in [0, 0.1) is 11.8 Å². The topological polar surface area (TPSA) is 76.2 Å². The third-order valence-corrected chi connectivity index (χ3v) is 8.95. The van der Waals surface area contributed by atoms with Crippen molar-refractivity contribution >= 4 is 29.5 Å². The van der Waals surface area contributed by atoms with Crippen molar-refractivity contribution in [1.29, 1.82) is 0 Å². The number of thioether (sulfide) groups is 1. The van der Waals surface area contributed by atoms with E-state index < -0.39 is 23.3 Å². The first-order valence-corrected chi connectivity index (χ1v) is 13.4. The molecule has 4 atom stereocenters. The first kappa shape index (κ1) is 25.0. The molecule has 3 heterocycles. The number of ether oxygens (including phenoxy) is 2. The van der Waals surface area contributed by atoms with Crippen LogP contribution in [-0.4, -0.2) is 66.7 Å². The molecule has 3 fully saturated rings. The van der Waals surface area contributed by atoms with Gasteiger partial charge in [-0.25, -0.2) is 0 Å². The van der Waals surface area contributed by atoms with Crippen LogP contribution in [0.1, 0.15) is 63.5 Å². The Bertz CT molecular complexity index is 953. The lowest BCUT2D eigenvalue weighted by atomic mass is 9.75. The number of methoxy groups -OCH3 is 2. The van der Waals surface area contributed by atoms with E-state index >= 15 is 0 Å². The molecule has 0 spiro atoms. The van der Waals surface area contributed by atoms with Crippen molar-refractivity contribution in [3.05, 3.63) is 23.8 Å². The molecule has 1 aromatic rings. The lowest BCUT2D eigenvalue weighted by molar-refractivity contribution is -0.163.